The highest BCUT2D eigenvalue weighted by Crippen LogP contribution is 2.30. The molecule has 27 heavy (non-hydrogen) atoms. The normalized spacial score (nSPS) is 16.9. The van der Waals surface area contributed by atoms with Gasteiger partial charge < -0.3 is 15.7 Å². The monoisotopic (exact) mass is 370 g/mol. The molecule has 0 unspecified atom stereocenters. The Morgan fingerprint density at radius 2 is 1.93 bits per heavy atom. The van der Waals surface area contributed by atoms with Gasteiger partial charge in [-0.1, -0.05) is 12.1 Å². The number of amides is 2. The smallest absolute Gasteiger partial charge is 0.253 e. The number of likely N-dealkylation sites (tertiary alicyclic amines) is 1. The Labute approximate surface area is 157 Å². The first kappa shape index (κ1) is 18.9. The fraction of sp³-hybridized carbons (Fsp3) is 0.333. The highest BCUT2D eigenvalue weighted by atomic mass is 19.1. The lowest BCUT2D eigenvalue weighted by Crippen LogP contribution is -2.40. The molecular formula is C21H23FN2O3. The van der Waals surface area contributed by atoms with Crippen LogP contribution in [0, 0.1) is 11.7 Å². The van der Waals surface area contributed by atoms with Gasteiger partial charge in [0, 0.05) is 30.6 Å². The predicted molar refractivity (Wildman–Crippen MR) is 101 cm³/mol. The van der Waals surface area contributed by atoms with E-state index in [1.54, 1.807) is 24.3 Å². The molecule has 0 radical (unpaired) electrons. The van der Waals surface area contributed by atoms with Gasteiger partial charge in [0.25, 0.3) is 5.91 Å². The van der Waals surface area contributed by atoms with Crippen LogP contribution in [0.2, 0.25) is 0 Å². The summed E-state index contributed by atoms with van der Waals surface area (Å²) in [6.07, 6.45) is 2.95. The van der Waals surface area contributed by atoms with Crippen molar-refractivity contribution in [2.75, 3.05) is 13.1 Å². The van der Waals surface area contributed by atoms with Crippen molar-refractivity contribution in [2.45, 2.75) is 25.7 Å². The second-order valence-electron chi connectivity index (χ2n) is 7.00. The molecule has 0 aromatic heterocycles. The van der Waals surface area contributed by atoms with E-state index in [9.17, 15) is 19.1 Å². The van der Waals surface area contributed by atoms with E-state index < -0.39 is 5.82 Å². The molecule has 1 fully saturated rings. The van der Waals surface area contributed by atoms with Crippen LogP contribution in [0.3, 0.4) is 0 Å². The van der Waals surface area contributed by atoms with Crippen molar-refractivity contribution in [3.05, 3.63) is 53.8 Å². The number of halogens is 1. The third-order valence-electron chi connectivity index (χ3n) is 5.01. The molecule has 0 saturated carbocycles. The van der Waals surface area contributed by atoms with E-state index in [1.807, 2.05) is 4.90 Å². The van der Waals surface area contributed by atoms with Crippen LogP contribution < -0.4 is 5.73 Å². The van der Waals surface area contributed by atoms with Crippen molar-refractivity contribution in [1.82, 2.24) is 4.90 Å². The quantitative estimate of drug-likeness (QED) is 0.847. The molecule has 2 aromatic carbocycles. The van der Waals surface area contributed by atoms with Crippen LogP contribution in [0.5, 0.6) is 5.75 Å². The van der Waals surface area contributed by atoms with Crippen LogP contribution in [0.25, 0.3) is 11.1 Å². The van der Waals surface area contributed by atoms with Crippen molar-refractivity contribution < 1.29 is 19.1 Å². The van der Waals surface area contributed by atoms with Gasteiger partial charge in [0.1, 0.15) is 11.6 Å². The lowest BCUT2D eigenvalue weighted by atomic mass is 9.92. The number of nitrogens with zero attached hydrogens (tertiary/aromatic N) is 1. The maximum Gasteiger partial charge on any atom is 0.253 e. The molecule has 0 aliphatic carbocycles. The van der Waals surface area contributed by atoms with Crippen molar-refractivity contribution in [3.8, 4) is 16.9 Å². The standard InChI is InChI=1S/C21H23FN2O3/c22-17-8-9-19(25)18(12-17)15-4-6-16(7-5-15)21(27)24-11-1-2-14(13-24)3-10-20(23)26/h4-9,12,14,25H,1-3,10-11,13H2,(H2,23,26)/t14-/m0/s1. The molecule has 1 aliphatic heterocycles. The molecule has 2 amide bonds. The van der Waals surface area contributed by atoms with Gasteiger partial charge in [-0.05, 0) is 61.1 Å². The van der Waals surface area contributed by atoms with Gasteiger partial charge in [0.2, 0.25) is 5.91 Å². The van der Waals surface area contributed by atoms with Crippen molar-refractivity contribution in [1.29, 1.82) is 0 Å². The number of primary amides is 1. The molecule has 142 valence electrons. The molecule has 0 spiro atoms. The number of hydrogen-bond donors (Lipinski definition) is 2. The van der Waals surface area contributed by atoms with E-state index >= 15 is 0 Å². The van der Waals surface area contributed by atoms with Crippen LogP contribution in [0.1, 0.15) is 36.0 Å². The first-order valence-electron chi connectivity index (χ1n) is 9.10. The molecule has 5 nitrogen and oxygen atoms in total. The summed E-state index contributed by atoms with van der Waals surface area (Å²) in [4.78, 5) is 25.6. The summed E-state index contributed by atoms with van der Waals surface area (Å²) in [5.74, 6) is -0.524. The van der Waals surface area contributed by atoms with Crippen molar-refractivity contribution >= 4 is 11.8 Å². The van der Waals surface area contributed by atoms with Gasteiger partial charge >= 0.3 is 0 Å². The molecule has 6 heteroatoms. The molecular weight excluding hydrogens is 347 g/mol. The average Bonchev–Trinajstić information content (AvgIpc) is 2.68. The minimum atomic E-state index is -0.432. The first-order valence-corrected chi connectivity index (χ1v) is 9.10. The highest BCUT2D eigenvalue weighted by molar-refractivity contribution is 5.95. The van der Waals surface area contributed by atoms with Crippen molar-refractivity contribution in [3.63, 3.8) is 0 Å². The van der Waals surface area contributed by atoms with Gasteiger partial charge in [0.05, 0.1) is 0 Å². The Kier molecular flexibility index (Phi) is 5.74. The molecule has 1 aliphatic rings. The SMILES string of the molecule is NC(=O)CC[C@@H]1CCCN(C(=O)c2ccc(-c3cc(F)ccc3O)cc2)C1. The minimum absolute atomic E-state index is 0.0104. The Bertz CT molecular complexity index is 836. The zero-order chi connectivity index (χ0) is 19.4. The number of benzene rings is 2. The van der Waals surface area contributed by atoms with E-state index in [-0.39, 0.29) is 17.6 Å². The summed E-state index contributed by atoms with van der Waals surface area (Å²) < 4.78 is 13.4. The number of piperidine rings is 1. The molecule has 1 saturated heterocycles. The maximum absolute atomic E-state index is 13.4. The van der Waals surface area contributed by atoms with E-state index in [0.29, 0.717) is 48.5 Å². The zero-order valence-corrected chi connectivity index (χ0v) is 15.0. The Morgan fingerprint density at radius 1 is 1.19 bits per heavy atom. The van der Waals surface area contributed by atoms with E-state index in [2.05, 4.69) is 0 Å². The van der Waals surface area contributed by atoms with Crippen LogP contribution in [0.15, 0.2) is 42.5 Å². The van der Waals surface area contributed by atoms with Gasteiger partial charge in [-0.2, -0.15) is 0 Å². The predicted octanol–water partition coefficient (Wildman–Crippen LogP) is 3.32. The Hall–Kier alpha value is -2.89. The summed E-state index contributed by atoms with van der Waals surface area (Å²) in [5.41, 5.74) is 6.79. The van der Waals surface area contributed by atoms with Crippen LogP contribution >= 0.6 is 0 Å². The van der Waals surface area contributed by atoms with Crippen LogP contribution in [-0.2, 0) is 4.79 Å². The van der Waals surface area contributed by atoms with Crippen molar-refractivity contribution in [2.24, 2.45) is 11.7 Å². The zero-order valence-electron chi connectivity index (χ0n) is 15.0. The molecule has 3 N–H and O–H groups in total. The molecule has 1 heterocycles. The number of aromatic hydroxyl groups is 1. The third-order valence-corrected chi connectivity index (χ3v) is 5.01. The van der Waals surface area contributed by atoms with E-state index in [4.69, 9.17) is 5.73 Å². The molecule has 0 bridgehead atoms. The van der Waals surface area contributed by atoms with Crippen LogP contribution in [0.4, 0.5) is 4.39 Å². The summed E-state index contributed by atoms with van der Waals surface area (Å²) in [6, 6.07) is 10.6. The fourth-order valence-electron chi connectivity index (χ4n) is 3.55. The fourth-order valence-corrected chi connectivity index (χ4v) is 3.55. The number of carbonyl (C=O) groups excluding carboxylic acids is 2. The molecule has 2 aromatic rings. The van der Waals surface area contributed by atoms with Gasteiger partial charge in [0.15, 0.2) is 0 Å². The third kappa shape index (κ3) is 4.64. The number of phenols is 1. The number of hydrogen-bond acceptors (Lipinski definition) is 3. The second kappa shape index (κ2) is 8.20. The molecule has 3 rings (SSSR count). The van der Waals surface area contributed by atoms with Gasteiger partial charge in [-0.3, -0.25) is 9.59 Å². The molecule has 1 atom stereocenters. The number of carbonyl (C=O) groups is 2. The summed E-state index contributed by atoms with van der Waals surface area (Å²) >= 11 is 0. The number of rotatable bonds is 5. The Morgan fingerprint density at radius 3 is 2.63 bits per heavy atom. The Balaban J connectivity index is 1.70. The largest absolute Gasteiger partial charge is 0.507 e. The van der Waals surface area contributed by atoms with E-state index in [0.717, 1.165) is 12.8 Å². The lowest BCUT2D eigenvalue weighted by Gasteiger charge is -2.32. The highest BCUT2D eigenvalue weighted by Gasteiger charge is 2.24. The summed E-state index contributed by atoms with van der Waals surface area (Å²) in [6.45, 7) is 1.32. The maximum atomic E-state index is 13.4. The van der Waals surface area contributed by atoms with Crippen LogP contribution in [-0.4, -0.2) is 34.9 Å². The summed E-state index contributed by atoms with van der Waals surface area (Å²) in [7, 11) is 0. The minimum Gasteiger partial charge on any atom is -0.507 e. The first-order chi connectivity index (χ1) is 12.9. The van der Waals surface area contributed by atoms with E-state index in [1.165, 1.54) is 18.2 Å². The number of phenolic OH excluding ortho intramolecular Hbond substituents is 1. The summed E-state index contributed by atoms with van der Waals surface area (Å²) in [5, 5.41) is 9.91. The lowest BCUT2D eigenvalue weighted by molar-refractivity contribution is -0.118. The topological polar surface area (TPSA) is 83.6 Å². The second-order valence-corrected chi connectivity index (χ2v) is 7.00. The van der Waals surface area contributed by atoms with Gasteiger partial charge in [-0.15, -0.1) is 0 Å². The number of nitrogens with two attached hydrogens (primary N) is 1. The average molecular weight is 370 g/mol. The van der Waals surface area contributed by atoms with Gasteiger partial charge in [-0.25, -0.2) is 4.39 Å².